The molecule has 0 saturated heterocycles. The maximum Gasteiger partial charge on any atom is 0.246 e. The Balaban J connectivity index is 2.03. The third-order valence-electron chi connectivity index (χ3n) is 3.11. The van der Waals surface area contributed by atoms with Crippen LogP contribution in [0, 0.1) is 0 Å². The van der Waals surface area contributed by atoms with E-state index in [0.717, 1.165) is 22.7 Å². The average Bonchev–Trinajstić information content (AvgIpc) is 2.40. The third kappa shape index (κ3) is 2.12. The lowest BCUT2D eigenvalue weighted by Crippen LogP contribution is -2.40. The van der Waals surface area contributed by atoms with Gasteiger partial charge in [0.05, 0.1) is 17.9 Å². The number of anilines is 2. The number of ether oxygens (including phenoxy) is 2. The smallest absolute Gasteiger partial charge is 0.246 e. The summed E-state index contributed by atoms with van der Waals surface area (Å²) in [5, 5.41) is 3.11. The molecule has 0 bridgehead atoms. The molecule has 0 spiro atoms. The molecule has 1 amide bonds. The van der Waals surface area contributed by atoms with Crippen molar-refractivity contribution in [3.8, 4) is 11.5 Å². The van der Waals surface area contributed by atoms with Gasteiger partial charge in [0, 0.05) is 18.7 Å². The van der Waals surface area contributed by atoms with E-state index in [2.05, 4.69) is 11.9 Å². The summed E-state index contributed by atoms with van der Waals surface area (Å²) in [5.74, 6) is 1.45. The topological polar surface area (TPSA) is 50.8 Å². The van der Waals surface area contributed by atoms with Crippen LogP contribution in [0.5, 0.6) is 11.5 Å². The Labute approximate surface area is 111 Å². The highest BCUT2D eigenvalue weighted by Crippen LogP contribution is 2.41. The predicted molar refractivity (Wildman–Crippen MR) is 73.1 cm³/mol. The molecular formula is C14H16N2O3. The zero-order valence-electron chi connectivity index (χ0n) is 10.9. The van der Waals surface area contributed by atoms with Crippen LogP contribution in [-0.4, -0.2) is 32.2 Å². The van der Waals surface area contributed by atoms with Crippen molar-refractivity contribution in [3.05, 3.63) is 24.3 Å². The quantitative estimate of drug-likeness (QED) is 0.824. The van der Waals surface area contributed by atoms with Crippen molar-refractivity contribution in [1.29, 1.82) is 0 Å². The van der Waals surface area contributed by atoms with Crippen LogP contribution in [0.25, 0.3) is 0 Å². The first-order valence-corrected chi connectivity index (χ1v) is 6.27. The Hall–Kier alpha value is -2.17. The SMILES string of the molecule is C=C(C)CN1C(=O)CNc2cc3c(cc21)OCCO3. The zero-order valence-corrected chi connectivity index (χ0v) is 10.9. The number of carbonyl (C=O) groups is 1. The summed E-state index contributed by atoms with van der Waals surface area (Å²) in [4.78, 5) is 13.7. The van der Waals surface area contributed by atoms with Gasteiger partial charge in [-0.2, -0.15) is 0 Å². The van der Waals surface area contributed by atoms with Gasteiger partial charge in [-0.25, -0.2) is 0 Å². The number of benzene rings is 1. The summed E-state index contributed by atoms with van der Waals surface area (Å²) in [6.07, 6.45) is 0. The Kier molecular flexibility index (Phi) is 2.81. The zero-order chi connectivity index (χ0) is 13.4. The van der Waals surface area contributed by atoms with E-state index in [0.29, 0.717) is 32.1 Å². The minimum Gasteiger partial charge on any atom is -0.486 e. The van der Waals surface area contributed by atoms with E-state index < -0.39 is 0 Å². The lowest BCUT2D eigenvalue weighted by atomic mass is 10.1. The van der Waals surface area contributed by atoms with Crippen LogP contribution in [0.3, 0.4) is 0 Å². The summed E-state index contributed by atoms with van der Waals surface area (Å²) in [6, 6.07) is 3.75. The molecule has 0 saturated carbocycles. The molecule has 0 aliphatic carbocycles. The van der Waals surface area contributed by atoms with Crippen LogP contribution >= 0.6 is 0 Å². The molecule has 1 N–H and O–H groups in total. The summed E-state index contributed by atoms with van der Waals surface area (Å²) < 4.78 is 11.1. The summed E-state index contributed by atoms with van der Waals surface area (Å²) in [7, 11) is 0. The molecule has 0 aromatic heterocycles. The minimum absolute atomic E-state index is 0.0344. The first-order valence-electron chi connectivity index (χ1n) is 6.27. The van der Waals surface area contributed by atoms with Crippen molar-refractivity contribution in [3.63, 3.8) is 0 Å². The van der Waals surface area contributed by atoms with Crippen molar-refractivity contribution < 1.29 is 14.3 Å². The number of carbonyl (C=O) groups excluding carboxylic acids is 1. The van der Waals surface area contributed by atoms with Gasteiger partial charge in [0.25, 0.3) is 0 Å². The summed E-state index contributed by atoms with van der Waals surface area (Å²) >= 11 is 0. The molecular weight excluding hydrogens is 244 g/mol. The van der Waals surface area contributed by atoms with Crippen LogP contribution in [0.1, 0.15) is 6.92 Å². The van der Waals surface area contributed by atoms with Crippen molar-refractivity contribution in [2.24, 2.45) is 0 Å². The van der Waals surface area contributed by atoms with Crippen LogP contribution < -0.4 is 19.7 Å². The van der Waals surface area contributed by atoms with E-state index in [1.54, 1.807) is 4.90 Å². The van der Waals surface area contributed by atoms with Gasteiger partial charge in [-0.3, -0.25) is 4.79 Å². The van der Waals surface area contributed by atoms with E-state index in [9.17, 15) is 4.79 Å². The highest BCUT2D eigenvalue weighted by atomic mass is 16.6. The second-order valence-corrected chi connectivity index (χ2v) is 4.80. The number of hydrogen-bond acceptors (Lipinski definition) is 4. The molecule has 5 nitrogen and oxygen atoms in total. The number of hydrogen-bond donors (Lipinski definition) is 1. The average molecular weight is 260 g/mol. The van der Waals surface area contributed by atoms with E-state index in [-0.39, 0.29) is 5.91 Å². The Morgan fingerprint density at radius 3 is 2.74 bits per heavy atom. The molecule has 1 aromatic rings. The lowest BCUT2D eigenvalue weighted by Gasteiger charge is -2.32. The maximum atomic E-state index is 12.0. The lowest BCUT2D eigenvalue weighted by molar-refractivity contribution is -0.117. The van der Waals surface area contributed by atoms with Gasteiger partial charge < -0.3 is 19.7 Å². The Morgan fingerprint density at radius 1 is 1.37 bits per heavy atom. The fraction of sp³-hybridized carbons (Fsp3) is 0.357. The van der Waals surface area contributed by atoms with Gasteiger partial charge >= 0.3 is 0 Å². The molecule has 0 atom stereocenters. The third-order valence-corrected chi connectivity index (χ3v) is 3.11. The first-order chi connectivity index (χ1) is 9.15. The molecule has 5 heteroatoms. The van der Waals surface area contributed by atoms with E-state index >= 15 is 0 Å². The largest absolute Gasteiger partial charge is 0.486 e. The molecule has 0 fully saturated rings. The normalized spacial score (nSPS) is 16.7. The van der Waals surface area contributed by atoms with Crippen LogP contribution in [0.15, 0.2) is 24.3 Å². The van der Waals surface area contributed by atoms with E-state index in [4.69, 9.17) is 9.47 Å². The fourth-order valence-electron chi connectivity index (χ4n) is 2.29. The Bertz CT molecular complexity index is 554. The molecule has 100 valence electrons. The summed E-state index contributed by atoms with van der Waals surface area (Å²) in [6.45, 7) is 7.69. The number of nitrogens with one attached hydrogen (secondary N) is 1. The molecule has 0 unspecified atom stereocenters. The number of amides is 1. The maximum absolute atomic E-state index is 12.0. The first kappa shape index (κ1) is 11.9. The molecule has 3 rings (SSSR count). The monoisotopic (exact) mass is 260 g/mol. The molecule has 2 aliphatic rings. The molecule has 1 aromatic carbocycles. The second-order valence-electron chi connectivity index (χ2n) is 4.80. The fourth-order valence-corrected chi connectivity index (χ4v) is 2.29. The van der Waals surface area contributed by atoms with Crippen LogP contribution in [0.2, 0.25) is 0 Å². The van der Waals surface area contributed by atoms with Crippen molar-refractivity contribution in [2.45, 2.75) is 6.92 Å². The number of rotatable bonds is 2. The van der Waals surface area contributed by atoms with Gasteiger partial charge in [0.15, 0.2) is 11.5 Å². The van der Waals surface area contributed by atoms with Gasteiger partial charge in [-0.05, 0) is 6.92 Å². The molecule has 19 heavy (non-hydrogen) atoms. The van der Waals surface area contributed by atoms with Gasteiger partial charge in [0.1, 0.15) is 13.2 Å². The molecule has 2 aliphatic heterocycles. The highest BCUT2D eigenvalue weighted by molar-refractivity contribution is 6.03. The Morgan fingerprint density at radius 2 is 2.05 bits per heavy atom. The van der Waals surface area contributed by atoms with Crippen molar-refractivity contribution >= 4 is 17.3 Å². The van der Waals surface area contributed by atoms with Gasteiger partial charge in [-0.1, -0.05) is 12.2 Å². The summed E-state index contributed by atoms with van der Waals surface area (Å²) in [5.41, 5.74) is 2.66. The van der Waals surface area contributed by atoms with Crippen LogP contribution in [0.4, 0.5) is 11.4 Å². The number of fused-ring (bicyclic) bond motifs is 2. The van der Waals surface area contributed by atoms with Gasteiger partial charge in [-0.15, -0.1) is 0 Å². The van der Waals surface area contributed by atoms with E-state index in [1.165, 1.54) is 0 Å². The minimum atomic E-state index is 0.0344. The van der Waals surface area contributed by atoms with Crippen molar-refractivity contribution in [2.75, 3.05) is 36.5 Å². The number of nitrogens with zero attached hydrogens (tertiary/aromatic N) is 1. The standard InChI is InChI=1S/C14H16N2O3/c1-9(2)8-16-11-6-13-12(18-3-4-19-13)5-10(11)15-7-14(16)17/h5-6,15H,1,3-4,7-8H2,2H3. The molecule has 0 radical (unpaired) electrons. The highest BCUT2D eigenvalue weighted by Gasteiger charge is 2.27. The molecule has 2 heterocycles. The predicted octanol–water partition coefficient (Wildman–Crippen LogP) is 1.79. The van der Waals surface area contributed by atoms with Gasteiger partial charge in [0.2, 0.25) is 5.91 Å². The van der Waals surface area contributed by atoms with Crippen LogP contribution in [-0.2, 0) is 4.79 Å². The van der Waals surface area contributed by atoms with E-state index in [1.807, 2.05) is 19.1 Å². The van der Waals surface area contributed by atoms with Crippen molar-refractivity contribution in [1.82, 2.24) is 0 Å². The second kappa shape index (κ2) is 4.50.